The Morgan fingerprint density at radius 2 is 1.41 bits per heavy atom. The van der Waals surface area contributed by atoms with Crippen LogP contribution in [0.1, 0.15) is 80.6 Å². The molecule has 0 spiro atoms. The summed E-state index contributed by atoms with van der Waals surface area (Å²) in [6.45, 7) is 11.5. The first-order valence-corrected chi connectivity index (χ1v) is 13.8. The molecule has 0 rings (SSSR count). The molecule has 1 amide bonds. The molecule has 0 aromatic rings. The Morgan fingerprint density at radius 3 is 1.86 bits per heavy atom. The van der Waals surface area contributed by atoms with Gasteiger partial charge in [0.05, 0.1) is 18.8 Å². The summed E-state index contributed by atoms with van der Waals surface area (Å²) in [6.07, 6.45) is -2.69. The summed E-state index contributed by atoms with van der Waals surface area (Å²) in [7, 11) is -4.77. The maximum Gasteiger partial charge on any atom is 0.469 e. The predicted octanol–water partition coefficient (Wildman–Crippen LogP) is 2.16. The molecule has 216 valence electrons. The molecule has 13 nitrogen and oxygen atoms in total. The molecular weight excluding hydrogens is 513 g/mol. The summed E-state index contributed by atoms with van der Waals surface area (Å²) in [5.41, 5.74) is -1.43. The van der Waals surface area contributed by atoms with Gasteiger partial charge >= 0.3 is 25.7 Å². The molecule has 0 aliphatic heterocycles. The van der Waals surface area contributed by atoms with Crippen molar-refractivity contribution in [3.63, 3.8) is 0 Å². The first kappa shape index (κ1) is 35.0. The first-order chi connectivity index (χ1) is 17.0. The van der Waals surface area contributed by atoms with E-state index in [0.717, 1.165) is 6.42 Å². The Kier molecular flexibility index (Phi) is 15.1. The second-order valence-electron chi connectivity index (χ2n) is 9.08. The Labute approximate surface area is 218 Å². The SMILES string of the molecule is CCC(=O)OC(C(=O)NCCOP(=O)(O)O)C(OC(=O)CC)C(=O)OC(C)(CC)CCOC(C)(C)CC. The minimum atomic E-state index is -4.77. The van der Waals surface area contributed by atoms with E-state index in [1.807, 2.05) is 20.8 Å². The Balaban J connectivity index is 5.80. The lowest BCUT2D eigenvalue weighted by molar-refractivity contribution is -0.193. The molecule has 0 saturated carbocycles. The van der Waals surface area contributed by atoms with Crippen LogP contribution in [0.25, 0.3) is 0 Å². The second-order valence-corrected chi connectivity index (χ2v) is 10.3. The molecule has 0 aliphatic carbocycles. The molecule has 0 radical (unpaired) electrons. The van der Waals surface area contributed by atoms with Crippen LogP contribution >= 0.6 is 7.82 Å². The molecule has 0 aliphatic rings. The van der Waals surface area contributed by atoms with E-state index in [4.69, 9.17) is 28.7 Å². The predicted molar refractivity (Wildman–Crippen MR) is 131 cm³/mol. The van der Waals surface area contributed by atoms with Crippen molar-refractivity contribution in [3.8, 4) is 0 Å². The van der Waals surface area contributed by atoms with E-state index in [-0.39, 0.29) is 25.0 Å². The molecule has 0 aromatic heterocycles. The molecular formula is C23H42NO12P. The van der Waals surface area contributed by atoms with E-state index >= 15 is 0 Å². The highest BCUT2D eigenvalue weighted by Gasteiger charge is 2.43. The fraction of sp³-hybridized carbons (Fsp3) is 0.826. The number of esters is 3. The number of carbonyl (C=O) groups is 4. The van der Waals surface area contributed by atoms with Crippen LogP contribution in [0, 0.1) is 0 Å². The Bertz CT molecular complexity index is 812. The first-order valence-electron chi connectivity index (χ1n) is 12.3. The average Bonchev–Trinajstić information content (AvgIpc) is 2.82. The molecule has 14 heteroatoms. The van der Waals surface area contributed by atoms with Crippen LogP contribution in [0.15, 0.2) is 0 Å². The Hall–Kier alpha value is -2.05. The average molecular weight is 556 g/mol. The highest BCUT2D eigenvalue weighted by molar-refractivity contribution is 7.46. The number of phosphoric ester groups is 1. The van der Waals surface area contributed by atoms with Gasteiger partial charge in [0.25, 0.3) is 5.91 Å². The molecule has 0 fully saturated rings. The molecule has 3 atom stereocenters. The largest absolute Gasteiger partial charge is 0.469 e. The number of carbonyl (C=O) groups excluding carboxylic acids is 4. The van der Waals surface area contributed by atoms with Crippen molar-refractivity contribution < 1.29 is 57.0 Å². The summed E-state index contributed by atoms with van der Waals surface area (Å²) in [5, 5.41) is 2.24. The Morgan fingerprint density at radius 1 is 0.865 bits per heavy atom. The van der Waals surface area contributed by atoms with Crippen LogP contribution in [-0.4, -0.2) is 76.8 Å². The van der Waals surface area contributed by atoms with Crippen molar-refractivity contribution in [1.29, 1.82) is 0 Å². The lowest BCUT2D eigenvalue weighted by Gasteiger charge is -2.33. The molecule has 0 saturated heterocycles. The van der Waals surface area contributed by atoms with Crippen molar-refractivity contribution in [2.45, 2.75) is 104 Å². The van der Waals surface area contributed by atoms with E-state index in [9.17, 15) is 23.7 Å². The standard InChI is InChI=1S/C23H42NO12P/c1-8-16(25)34-18(20(27)24-13-15-33-37(29,30)31)19(35-17(26)9-2)21(28)36-23(7,11-4)12-14-32-22(5,6)10-3/h18-19H,8-15H2,1-7H3,(H,24,27)(H2,29,30,31). The van der Waals surface area contributed by atoms with Gasteiger partial charge in [0.1, 0.15) is 5.60 Å². The third kappa shape index (κ3) is 14.5. The van der Waals surface area contributed by atoms with Crippen molar-refractivity contribution in [1.82, 2.24) is 5.32 Å². The fourth-order valence-electron chi connectivity index (χ4n) is 2.62. The van der Waals surface area contributed by atoms with Gasteiger partial charge in [-0.05, 0) is 33.6 Å². The van der Waals surface area contributed by atoms with Gasteiger partial charge in [-0.1, -0.05) is 27.7 Å². The minimum Gasteiger partial charge on any atom is -0.456 e. The van der Waals surface area contributed by atoms with E-state index in [1.54, 1.807) is 13.8 Å². The number of rotatable bonds is 18. The maximum absolute atomic E-state index is 13.2. The van der Waals surface area contributed by atoms with Gasteiger partial charge in [-0.3, -0.25) is 18.9 Å². The number of ether oxygens (including phenoxy) is 4. The fourth-order valence-corrected chi connectivity index (χ4v) is 2.95. The summed E-state index contributed by atoms with van der Waals surface area (Å²) >= 11 is 0. The maximum atomic E-state index is 13.2. The van der Waals surface area contributed by atoms with Crippen LogP contribution in [0.5, 0.6) is 0 Å². The number of hydrogen-bond acceptors (Lipinski definition) is 10. The van der Waals surface area contributed by atoms with Crippen LogP contribution < -0.4 is 5.32 Å². The molecule has 0 heterocycles. The van der Waals surface area contributed by atoms with Gasteiger partial charge in [0.15, 0.2) is 0 Å². The third-order valence-corrected chi connectivity index (χ3v) is 6.11. The molecule has 37 heavy (non-hydrogen) atoms. The lowest BCUT2D eigenvalue weighted by atomic mass is 9.98. The number of phosphoric acid groups is 1. The van der Waals surface area contributed by atoms with Crippen LogP contribution in [0.2, 0.25) is 0 Å². The van der Waals surface area contributed by atoms with Crippen molar-refractivity contribution in [2.24, 2.45) is 0 Å². The van der Waals surface area contributed by atoms with Crippen molar-refractivity contribution in [3.05, 3.63) is 0 Å². The van der Waals surface area contributed by atoms with E-state index in [2.05, 4.69) is 9.84 Å². The number of hydrogen-bond donors (Lipinski definition) is 3. The topological polar surface area (TPSA) is 184 Å². The highest BCUT2D eigenvalue weighted by atomic mass is 31.2. The minimum absolute atomic E-state index is 0.138. The highest BCUT2D eigenvalue weighted by Crippen LogP contribution is 2.35. The number of nitrogens with one attached hydrogen (secondary N) is 1. The summed E-state index contributed by atoms with van der Waals surface area (Å²) in [6, 6.07) is 0. The normalized spacial score (nSPS) is 15.2. The zero-order valence-electron chi connectivity index (χ0n) is 22.7. The van der Waals surface area contributed by atoms with Gasteiger partial charge in [0, 0.05) is 25.8 Å². The van der Waals surface area contributed by atoms with Gasteiger partial charge in [0.2, 0.25) is 12.2 Å². The van der Waals surface area contributed by atoms with E-state index in [0.29, 0.717) is 12.8 Å². The van der Waals surface area contributed by atoms with E-state index in [1.165, 1.54) is 13.8 Å². The smallest absolute Gasteiger partial charge is 0.456 e. The van der Waals surface area contributed by atoms with Gasteiger partial charge in [-0.25, -0.2) is 9.36 Å². The summed E-state index contributed by atoms with van der Waals surface area (Å²) in [4.78, 5) is 67.7. The van der Waals surface area contributed by atoms with Crippen molar-refractivity contribution in [2.75, 3.05) is 19.8 Å². The van der Waals surface area contributed by atoms with Crippen LogP contribution in [0.4, 0.5) is 0 Å². The van der Waals surface area contributed by atoms with Gasteiger partial charge in [-0.2, -0.15) is 0 Å². The van der Waals surface area contributed by atoms with E-state index < -0.39 is 62.6 Å². The van der Waals surface area contributed by atoms with Crippen molar-refractivity contribution >= 4 is 31.6 Å². The summed E-state index contributed by atoms with van der Waals surface area (Å²) < 4.78 is 36.9. The number of amides is 1. The summed E-state index contributed by atoms with van der Waals surface area (Å²) in [5.74, 6) is -3.85. The zero-order valence-corrected chi connectivity index (χ0v) is 23.6. The molecule has 3 unspecified atom stereocenters. The van der Waals surface area contributed by atoms with Gasteiger partial charge < -0.3 is 34.1 Å². The van der Waals surface area contributed by atoms with Crippen LogP contribution in [-0.2, 0) is 47.2 Å². The van der Waals surface area contributed by atoms with Crippen LogP contribution in [0.3, 0.4) is 0 Å². The second kappa shape index (κ2) is 16.0. The monoisotopic (exact) mass is 555 g/mol. The quantitative estimate of drug-likeness (QED) is 0.0970. The molecule has 0 aromatic carbocycles. The molecule has 3 N–H and O–H groups in total. The van der Waals surface area contributed by atoms with Gasteiger partial charge in [-0.15, -0.1) is 0 Å². The third-order valence-electron chi connectivity index (χ3n) is 5.59. The lowest BCUT2D eigenvalue weighted by Crippen LogP contribution is -2.52. The zero-order chi connectivity index (χ0) is 28.9. The molecule has 0 bridgehead atoms.